The van der Waals surface area contributed by atoms with Crippen LogP contribution >= 0.6 is 11.8 Å². The number of imide groups is 1. The van der Waals surface area contributed by atoms with Crippen molar-refractivity contribution in [1.29, 1.82) is 0 Å². The summed E-state index contributed by atoms with van der Waals surface area (Å²) in [5, 5.41) is 13.4. The quantitative estimate of drug-likeness (QED) is 0.665. The summed E-state index contributed by atoms with van der Waals surface area (Å²) in [5.41, 5.74) is 0.704. The molecule has 114 valence electrons. The van der Waals surface area contributed by atoms with E-state index < -0.39 is 12.0 Å². The van der Waals surface area contributed by atoms with E-state index in [2.05, 4.69) is 10.6 Å². The molecular weight excluding hydrogens is 292 g/mol. The second-order valence-electron chi connectivity index (χ2n) is 4.31. The molecule has 6 nitrogen and oxygen atoms in total. The third-order valence-electron chi connectivity index (χ3n) is 2.44. The number of amides is 3. The van der Waals surface area contributed by atoms with Crippen molar-refractivity contribution in [1.82, 2.24) is 10.6 Å². The number of carboxylic acids is 1. The van der Waals surface area contributed by atoms with E-state index in [-0.39, 0.29) is 18.1 Å². The van der Waals surface area contributed by atoms with Crippen LogP contribution in [0.25, 0.3) is 0 Å². The van der Waals surface area contributed by atoms with Crippen LogP contribution < -0.4 is 10.6 Å². The lowest BCUT2D eigenvalue weighted by Gasteiger charge is -2.06. The molecule has 0 aliphatic heterocycles. The smallest absolute Gasteiger partial charge is 0.321 e. The number of thioether (sulfide) groups is 1. The van der Waals surface area contributed by atoms with Crippen LogP contribution in [-0.2, 0) is 16.0 Å². The molecule has 0 aromatic heterocycles. The van der Waals surface area contributed by atoms with Gasteiger partial charge in [0.2, 0.25) is 5.91 Å². The Morgan fingerprint density at radius 2 is 1.86 bits per heavy atom. The number of carboxylic acid groups (broad SMARTS) is 1. The molecule has 3 N–H and O–H groups in total. The summed E-state index contributed by atoms with van der Waals surface area (Å²) in [6.45, 7) is 2.45. The van der Waals surface area contributed by atoms with E-state index in [1.54, 1.807) is 24.3 Å². The van der Waals surface area contributed by atoms with Crippen molar-refractivity contribution in [2.75, 3.05) is 12.3 Å². The summed E-state index contributed by atoms with van der Waals surface area (Å²) in [5.74, 6) is -1.13. The van der Waals surface area contributed by atoms with Gasteiger partial charge in [0.25, 0.3) is 0 Å². The molecule has 0 atom stereocenters. The van der Waals surface area contributed by atoms with E-state index in [1.165, 1.54) is 11.8 Å². The fraction of sp³-hybridized carbons (Fsp3) is 0.357. The summed E-state index contributed by atoms with van der Waals surface area (Å²) in [6.07, 6.45) is 0.780. The molecule has 0 fully saturated rings. The van der Waals surface area contributed by atoms with Gasteiger partial charge in [-0.3, -0.25) is 14.9 Å². The van der Waals surface area contributed by atoms with Crippen LogP contribution in [0, 0.1) is 0 Å². The maximum atomic E-state index is 11.5. The summed E-state index contributed by atoms with van der Waals surface area (Å²) in [4.78, 5) is 34.2. The molecule has 7 heteroatoms. The molecule has 0 spiro atoms. The van der Waals surface area contributed by atoms with E-state index in [1.807, 2.05) is 6.92 Å². The second-order valence-corrected chi connectivity index (χ2v) is 5.36. The lowest BCUT2D eigenvalue weighted by molar-refractivity contribution is -0.136. The highest BCUT2D eigenvalue weighted by Gasteiger charge is 2.07. The zero-order valence-corrected chi connectivity index (χ0v) is 12.5. The Morgan fingerprint density at radius 3 is 2.43 bits per heavy atom. The van der Waals surface area contributed by atoms with Crippen molar-refractivity contribution in [3.63, 3.8) is 0 Å². The number of benzene rings is 1. The molecule has 0 aliphatic carbocycles. The van der Waals surface area contributed by atoms with Gasteiger partial charge in [-0.2, -0.15) is 0 Å². The van der Waals surface area contributed by atoms with E-state index in [9.17, 15) is 14.4 Å². The number of carbonyl (C=O) groups excluding carboxylic acids is 2. The largest absolute Gasteiger partial charge is 0.481 e. The first-order chi connectivity index (χ1) is 10.0. The van der Waals surface area contributed by atoms with E-state index in [0.717, 1.165) is 11.3 Å². The highest BCUT2D eigenvalue weighted by molar-refractivity contribution is 8.00. The SMILES string of the molecule is CCCNC(=O)NC(=O)CSc1ccc(CC(=O)O)cc1. The van der Waals surface area contributed by atoms with Gasteiger partial charge in [0.05, 0.1) is 12.2 Å². The topological polar surface area (TPSA) is 95.5 Å². The summed E-state index contributed by atoms with van der Waals surface area (Å²) >= 11 is 1.28. The molecule has 0 heterocycles. The van der Waals surface area contributed by atoms with Crippen LogP contribution in [0.15, 0.2) is 29.2 Å². The van der Waals surface area contributed by atoms with Crippen LogP contribution in [0.2, 0.25) is 0 Å². The average Bonchev–Trinajstić information content (AvgIpc) is 2.44. The van der Waals surface area contributed by atoms with Gasteiger partial charge in [-0.15, -0.1) is 11.8 Å². The van der Waals surface area contributed by atoms with Gasteiger partial charge in [-0.1, -0.05) is 19.1 Å². The van der Waals surface area contributed by atoms with Gasteiger partial charge >= 0.3 is 12.0 Å². The van der Waals surface area contributed by atoms with Crippen molar-refractivity contribution in [2.45, 2.75) is 24.7 Å². The van der Waals surface area contributed by atoms with Gasteiger partial charge < -0.3 is 10.4 Å². The number of nitrogens with one attached hydrogen (secondary N) is 2. The molecule has 1 rings (SSSR count). The Bertz CT molecular complexity index is 502. The fourth-order valence-corrected chi connectivity index (χ4v) is 2.17. The first kappa shape index (κ1) is 17.0. The Morgan fingerprint density at radius 1 is 1.19 bits per heavy atom. The molecule has 0 saturated heterocycles. The van der Waals surface area contributed by atoms with Crippen molar-refractivity contribution >= 4 is 29.7 Å². The van der Waals surface area contributed by atoms with Crippen LogP contribution in [-0.4, -0.2) is 35.3 Å². The minimum absolute atomic E-state index is 0.0248. The normalized spacial score (nSPS) is 9.95. The van der Waals surface area contributed by atoms with Crippen LogP contribution in [0.4, 0.5) is 4.79 Å². The van der Waals surface area contributed by atoms with Crippen molar-refractivity contribution in [3.8, 4) is 0 Å². The number of carbonyl (C=O) groups is 3. The standard InChI is InChI=1S/C14H18N2O4S/c1-2-7-15-14(20)16-12(17)9-21-11-5-3-10(4-6-11)8-13(18)19/h3-6H,2,7-9H2,1H3,(H,18,19)(H2,15,16,17,20). The third kappa shape index (κ3) is 7.36. The van der Waals surface area contributed by atoms with Gasteiger partial charge in [0, 0.05) is 11.4 Å². The molecule has 0 unspecified atom stereocenters. The highest BCUT2D eigenvalue weighted by Crippen LogP contribution is 2.18. The minimum Gasteiger partial charge on any atom is -0.481 e. The Labute approximate surface area is 127 Å². The zero-order chi connectivity index (χ0) is 15.7. The molecule has 21 heavy (non-hydrogen) atoms. The van der Waals surface area contributed by atoms with Gasteiger partial charge in [-0.05, 0) is 24.1 Å². The molecule has 1 aromatic rings. The lowest BCUT2D eigenvalue weighted by Crippen LogP contribution is -2.40. The molecular formula is C14H18N2O4S. The monoisotopic (exact) mass is 310 g/mol. The van der Waals surface area contributed by atoms with Crippen molar-refractivity contribution in [2.24, 2.45) is 0 Å². The minimum atomic E-state index is -0.882. The van der Waals surface area contributed by atoms with Crippen LogP contribution in [0.3, 0.4) is 0 Å². The summed E-state index contributed by atoms with van der Waals surface area (Å²) in [7, 11) is 0. The molecule has 0 saturated carbocycles. The van der Waals surface area contributed by atoms with Crippen LogP contribution in [0.5, 0.6) is 0 Å². The fourth-order valence-electron chi connectivity index (χ4n) is 1.47. The number of urea groups is 1. The predicted molar refractivity (Wildman–Crippen MR) is 80.3 cm³/mol. The molecule has 1 aromatic carbocycles. The zero-order valence-electron chi connectivity index (χ0n) is 11.7. The second kappa shape index (κ2) is 9.02. The first-order valence-electron chi connectivity index (χ1n) is 6.52. The van der Waals surface area contributed by atoms with E-state index >= 15 is 0 Å². The van der Waals surface area contributed by atoms with E-state index in [4.69, 9.17) is 5.11 Å². The maximum Gasteiger partial charge on any atom is 0.321 e. The lowest BCUT2D eigenvalue weighted by atomic mass is 10.2. The van der Waals surface area contributed by atoms with Crippen molar-refractivity contribution in [3.05, 3.63) is 29.8 Å². The molecule has 0 radical (unpaired) electrons. The number of hydrogen-bond acceptors (Lipinski definition) is 4. The number of rotatable bonds is 7. The summed E-state index contributed by atoms with van der Waals surface area (Å²) < 4.78 is 0. The molecule has 0 aliphatic rings. The first-order valence-corrected chi connectivity index (χ1v) is 7.51. The van der Waals surface area contributed by atoms with Crippen LogP contribution in [0.1, 0.15) is 18.9 Å². The predicted octanol–water partition coefficient (Wildman–Crippen LogP) is 1.64. The van der Waals surface area contributed by atoms with Crippen molar-refractivity contribution < 1.29 is 19.5 Å². The summed E-state index contributed by atoms with van der Waals surface area (Å²) in [6, 6.07) is 6.45. The van der Waals surface area contributed by atoms with Gasteiger partial charge in [0.1, 0.15) is 0 Å². The Hall–Kier alpha value is -2.02. The highest BCUT2D eigenvalue weighted by atomic mass is 32.2. The number of aliphatic carboxylic acids is 1. The van der Waals surface area contributed by atoms with Gasteiger partial charge in [-0.25, -0.2) is 4.79 Å². The maximum absolute atomic E-state index is 11.5. The molecule has 0 bridgehead atoms. The average molecular weight is 310 g/mol. The molecule has 3 amide bonds. The Kier molecular flexibility index (Phi) is 7.31. The number of hydrogen-bond donors (Lipinski definition) is 3. The Balaban J connectivity index is 2.35. The van der Waals surface area contributed by atoms with E-state index in [0.29, 0.717) is 12.1 Å². The third-order valence-corrected chi connectivity index (χ3v) is 3.45. The van der Waals surface area contributed by atoms with Gasteiger partial charge in [0.15, 0.2) is 0 Å².